The Hall–Kier alpha value is -4.81. The van der Waals surface area contributed by atoms with Gasteiger partial charge in [0.25, 0.3) is 0 Å². The second kappa shape index (κ2) is 9.68. The van der Waals surface area contributed by atoms with Gasteiger partial charge in [0.15, 0.2) is 0 Å². The molecule has 0 saturated carbocycles. The Morgan fingerprint density at radius 2 is 1.00 bits per heavy atom. The van der Waals surface area contributed by atoms with E-state index in [0.29, 0.717) is 0 Å². The maximum absolute atomic E-state index is 11.2. The van der Waals surface area contributed by atoms with Crippen molar-refractivity contribution in [3.63, 3.8) is 0 Å². The first-order valence-corrected chi connectivity index (χ1v) is 12.5. The molecule has 6 aromatic rings. The van der Waals surface area contributed by atoms with Crippen molar-refractivity contribution >= 4 is 45.8 Å². The summed E-state index contributed by atoms with van der Waals surface area (Å²) in [4.78, 5) is 13.5. The van der Waals surface area contributed by atoms with E-state index >= 15 is 0 Å². The second-order valence-electron chi connectivity index (χ2n) is 8.56. The summed E-state index contributed by atoms with van der Waals surface area (Å²) in [5, 5.41) is 9.21. The highest BCUT2D eigenvalue weighted by molar-refractivity contribution is 7.00. The Morgan fingerprint density at radius 3 is 1.46 bits per heavy atom. The monoisotopic (exact) mass is 499 g/mol. The third-order valence-electron chi connectivity index (χ3n) is 6.32. The van der Waals surface area contributed by atoms with Crippen molar-refractivity contribution in [3.8, 4) is 22.3 Å². The number of aromatic carboxylic acids is 1. The van der Waals surface area contributed by atoms with E-state index in [2.05, 4.69) is 68.2 Å². The molecule has 0 aliphatic rings. The summed E-state index contributed by atoms with van der Waals surface area (Å²) < 4.78 is 9.18. The highest BCUT2D eigenvalue weighted by Crippen LogP contribution is 2.38. The minimum absolute atomic E-state index is 0.258. The fourth-order valence-electron chi connectivity index (χ4n) is 4.52. The summed E-state index contributed by atoms with van der Waals surface area (Å²) in [6.45, 7) is 0. The van der Waals surface area contributed by atoms with Crippen LogP contribution < -0.4 is 4.90 Å². The highest BCUT2D eigenvalue weighted by atomic mass is 32.1. The summed E-state index contributed by atoms with van der Waals surface area (Å²) in [6.07, 6.45) is 0. The first-order chi connectivity index (χ1) is 18.2. The molecule has 0 unspecified atom stereocenters. The molecule has 178 valence electrons. The van der Waals surface area contributed by atoms with Crippen molar-refractivity contribution in [1.29, 1.82) is 0 Å². The van der Waals surface area contributed by atoms with Gasteiger partial charge in [0.1, 0.15) is 11.0 Å². The second-order valence-corrected chi connectivity index (χ2v) is 9.09. The molecule has 6 rings (SSSR count). The van der Waals surface area contributed by atoms with Gasteiger partial charge >= 0.3 is 5.97 Å². The number of fused-ring (bicyclic) bond motifs is 1. The number of rotatable bonds is 6. The van der Waals surface area contributed by atoms with Crippen LogP contribution in [-0.2, 0) is 0 Å². The number of para-hydroxylation sites is 2. The zero-order valence-electron chi connectivity index (χ0n) is 19.7. The van der Waals surface area contributed by atoms with Gasteiger partial charge in [-0.15, -0.1) is 0 Å². The lowest BCUT2D eigenvalue weighted by atomic mass is 9.97. The fraction of sp³-hybridized carbons (Fsp3) is 0. The van der Waals surface area contributed by atoms with Gasteiger partial charge in [-0.05, 0) is 59.7 Å². The van der Waals surface area contributed by atoms with E-state index in [4.69, 9.17) is 0 Å². The lowest BCUT2D eigenvalue weighted by Gasteiger charge is -2.25. The van der Waals surface area contributed by atoms with Gasteiger partial charge < -0.3 is 10.0 Å². The molecule has 0 aliphatic carbocycles. The molecule has 0 amide bonds. The van der Waals surface area contributed by atoms with E-state index in [-0.39, 0.29) is 5.56 Å². The number of anilines is 3. The Balaban J connectivity index is 1.38. The van der Waals surface area contributed by atoms with Crippen molar-refractivity contribution < 1.29 is 9.90 Å². The summed E-state index contributed by atoms with van der Waals surface area (Å²) >= 11 is 1.18. The van der Waals surface area contributed by atoms with Crippen molar-refractivity contribution in [2.45, 2.75) is 0 Å². The van der Waals surface area contributed by atoms with E-state index in [9.17, 15) is 9.90 Å². The van der Waals surface area contributed by atoms with Crippen LogP contribution in [0.25, 0.3) is 33.3 Å². The van der Waals surface area contributed by atoms with Crippen molar-refractivity contribution in [1.82, 2.24) is 8.75 Å². The van der Waals surface area contributed by atoms with Crippen LogP contribution in [0.1, 0.15) is 10.4 Å². The predicted octanol–water partition coefficient (Wildman–Crippen LogP) is 8.19. The van der Waals surface area contributed by atoms with Gasteiger partial charge in [0.05, 0.1) is 17.3 Å². The topological polar surface area (TPSA) is 66.3 Å². The minimum atomic E-state index is -0.941. The lowest BCUT2D eigenvalue weighted by molar-refractivity contribution is 0.0697. The molecule has 5 aromatic carbocycles. The van der Waals surface area contributed by atoms with Crippen LogP contribution in [0.5, 0.6) is 0 Å². The molecule has 1 heterocycles. The molecule has 1 aromatic heterocycles. The van der Waals surface area contributed by atoms with Gasteiger partial charge in [0.2, 0.25) is 0 Å². The molecule has 0 aliphatic heterocycles. The van der Waals surface area contributed by atoms with Gasteiger partial charge in [0, 0.05) is 28.2 Å². The van der Waals surface area contributed by atoms with Crippen molar-refractivity contribution in [2.24, 2.45) is 0 Å². The highest BCUT2D eigenvalue weighted by Gasteiger charge is 2.16. The smallest absolute Gasteiger partial charge is 0.335 e. The van der Waals surface area contributed by atoms with Crippen LogP contribution >= 0.6 is 11.7 Å². The van der Waals surface area contributed by atoms with Crippen molar-refractivity contribution in [3.05, 3.63) is 127 Å². The summed E-state index contributed by atoms with van der Waals surface area (Å²) in [5.74, 6) is -0.941. The van der Waals surface area contributed by atoms with Crippen LogP contribution in [0.15, 0.2) is 121 Å². The Labute approximate surface area is 218 Å². The maximum Gasteiger partial charge on any atom is 0.335 e. The Morgan fingerprint density at radius 1 is 0.568 bits per heavy atom. The largest absolute Gasteiger partial charge is 0.478 e. The van der Waals surface area contributed by atoms with Crippen LogP contribution in [0, 0.1) is 0 Å². The number of carboxylic acid groups (broad SMARTS) is 1. The van der Waals surface area contributed by atoms with Crippen LogP contribution in [0.4, 0.5) is 17.1 Å². The first kappa shape index (κ1) is 22.6. The number of carboxylic acids is 1. The average molecular weight is 500 g/mol. The van der Waals surface area contributed by atoms with E-state index in [1.807, 2.05) is 54.6 Å². The number of carbonyl (C=O) groups is 1. The molecule has 0 saturated heterocycles. The summed E-state index contributed by atoms with van der Waals surface area (Å²) in [5.41, 5.74) is 9.04. The maximum atomic E-state index is 11.2. The average Bonchev–Trinajstić information content (AvgIpc) is 3.45. The third kappa shape index (κ3) is 4.35. The zero-order chi connectivity index (χ0) is 25.2. The van der Waals surface area contributed by atoms with Crippen LogP contribution in [-0.4, -0.2) is 19.8 Å². The van der Waals surface area contributed by atoms with Gasteiger partial charge in [-0.25, -0.2) is 4.79 Å². The van der Waals surface area contributed by atoms with Gasteiger partial charge in [-0.3, -0.25) is 0 Å². The molecular weight excluding hydrogens is 478 g/mol. The third-order valence-corrected chi connectivity index (χ3v) is 6.85. The Bertz CT molecular complexity index is 1640. The molecule has 1 N–H and O–H groups in total. The molecule has 0 radical (unpaired) electrons. The number of hydrogen-bond donors (Lipinski definition) is 1. The number of aromatic nitrogens is 2. The minimum Gasteiger partial charge on any atom is -0.478 e. The van der Waals surface area contributed by atoms with Crippen molar-refractivity contribution in [2.75, 3.05) is 4.90 Å². The van der Waals surface area contributed by atoms with E-state index in [0.717, 1.165) is 50.3 Å². The Kier molecular flexibility index (Phi) is 5.92. The van der Waals surface area contributed by atoms with E-state index in [1.165, 1.54) is 11.7 Å². The van der Waals surface area contributed by atoms with E-state index in [1.54, 1.807) is 12.1 Å². The molecule has 0 spiro atoms. The predicted molar refractivity (Wildman–Crippen MR) is 150 cm³/mol. The molecule has 0 atom stereocenters. The SMILES string of the molecule is O=C(O)c1ccc(-c2ccc(-c3ccc(N(c4ccccc4)c4ccccc4)cc3)c3nsnc23)cc1. The summed E-state index contributed by atoms with van der Waals surface area (Å²) in [6, 6.07) is 40.1. The summed E-state index contributed by atoms with van der Waals surface area (Å²) in [7, 11) is 0. The quantitative estimate of drug-likeness (QED) is 0.250. The van der Waals surface area contributed by atoms with Gasteiger partial charge in [-0.1, -0.05) is 72.8 Å². The standard InChI is InChI=1S/C31H21N3O2S/c35-31(36)23-13-11-21(12-14-23)27-19-20-28(30-29(27)32-37-33-30)22-15-17-26(18-16-22)34(24-7-3-1-4-8-24)25-9-5-2-6-10-25/h1-20H,(H,35,36). The van der Waals surface area contributed by atoms with Gasteiger partial charge in [-0.2, -0.15) is 8.75 Å². The number of nitrogens with zero attached hydrogens (tertiary/aromatic N) is 3. The zero-order valence-corrected chi connectivity index (χ0v) is 20.5. The number of hydrogen-bond acceptors (Lipinski definition) is 5. The van der Waals surface area contributed by atoms with E-state index < -0.39 is 5.97 Å². The molecule has 6 heteroatoms. The molecular formula is C31H21N3O2S. The molecule has 5 nitrogen and oxygen atoms in total. The lowest BCUT2D eigenvalue weighted by Crippen LogP contribution is -2.09. The number of benzene rings is 5. The normalized spacial score (nSPS) is 10.9. The molecule has 0 bridgehead atoms. The molecule has 0 fully saturated rings. The fourth-order valence-corrected chi connectivity index (χ4v) is 5.09. The first-order valence-electron chi connectivity index (χ1n) is 11.8. The van der Waals surface area contributed by atoms with Crippen LogP contribution in [0.3, 0.4) is 0 Å². The molecule has 37 heavy (non-hydrogen) atoms. The van der Waals surface area contributed by atoms with Crippen LogP contribution in [0.2, 0.25) is 0 Å².